The number of aromatic amines is 1. The fraction of sp³-hybridized carbons (Fsp3) is 0.105. The molecule has 0 aliphatic carbocycles. The highest BCUT2D eigenvalue weighted by Gasteiger charge is 2.18. The highest BCUT2D eigenvalue weighted by atomic mass is 32.2. The van der Waals surface area contributed by atoms with Crippen LogP contribution < -0.4 is 5.56 Å². The second-order valence-corrected chi connectivity index (χ2v) is 6.51. The van der Waals surface area contributed by atoms with Crippen LogP contribution in [-0.4, -0.2) is 11.2 Å². The molecule has 3 nitrogen and oxygen atoms in total. The van der Waals surface area contributed by atoms with Crippen molar-refractivity contribution in [3.05, 3.63) is 64.2 Å². The average Bonchev–Trinajstić information content (AvgIpc) is 2.93. The molecule has 0 aliphatic heterocycles. The van der Waals surface area contributed by atoms with Gasteiger partial charge in [-0.1, -0.05) is 12.1 Å². The van der Waals surface area contributed by atoms with Crippen LogP contribution in [0.3, 0.4) is 0 Å². The van der Waals surface area contributed by atoms with Gasteiger partial charge in [-0.3, -0.25) is 4.79 Å². The molecule has 2 aromatic carbocycles. The molecule has 120 valence electrons. The summed E-state index contributed by atoms with van der Waals surface area (Å²) in [6.07, 6.45) is 2.00. The number of nitrogens with one attached hydrogen (secondary N) is 1. The van der Waals surface area contributed by atoms with Gasteiger partial charge in [0.1, 0.15) is 11.4 Å². The van der Waals surface area contributed by atoms with Crippen LogP contribution in [0.15, 0.2) is 56.6 Å². The summed E-state index contributed by atoms with van der Waals surface area (Å²) in [6, 6.07) is 12.3. The lowest BCUT2D eigenvalue weighted by Gasteiger charge is -2.07. The minimum atomic E-state index is -0.363. The van der Waals surface area contributed by atoms with E-state index >= 15 is 0 Å². The van der Waals surface area contributed by atoms with Crippen molar-refractivity contribution in [3.63, 3.8) is 0 Å². The molecule has 0 aliphatic rings. The molecule has 0 bridgehead atoms. The van der Waals surface area contributed by atoms with Gasteiger partial charge in [0, 0.05) is 21.4 Å². The van der Waals surface area contributed by atoms with E-state index in [0.29, 0.717) is 27.6 Å². The molecule has 0 spiro atoms. The first-order chi connectivity index (χ1) is 11.6. The summed E-state index contributed by atoms with van der Waals surface area (Å²) in [5.41, 5.74) is 3.71. The number of aromatic nitrogens is 1. The molecular weight excluding hydrogens is 325 g/mol. The average molecular weight is 339 g/mol. The summed E-state index contributed by atoms with van der Waals surface area (Å²) in [4.78, 5) is 16.3. The van der Waals surface area contributed by atoms with E-state index < -0.39 is 0 Å². The number of rotatable bonds is 2. The Morgan fingerprint density at radius 2 is 2.00 bits per heavy atom. The van der Waals surface area contributed by atoms with Crippen LogP contribution in [0.5, 0.6) is 0 Å². The van der Waals surface area contributed by atoms with Crippen molar-refractivity contribution in [2.24, 2.45) is 0 Å². The number of thioether (sulfide) groups is 1. The molecule has 4 aromatic rings. The van der Waals surface area contributed by atoms with Gasteiger partial charge in [0.05, 0.1) is 5.52 Å². The number of hydrogen-bond acceptors (Lipinski definition) is 3. The Hall–Kier alpha value is -2.53. The minimum Gasteiger partial charge on any atom is -0.454 e. The van der Waals surface area contributed by atoms with Crippen LogP contribution in [0.4, 0.5) is 4.39 Å². The van der Waals surface area contributed by atoms with E-state index in [2.05, 4.69) is 4.98 Å². The molecular formula is C19H14FNO2S. The maximum absolute atomic E-state index is 13.6. The Morgan fingerprint density at radius 1 is 1.17 bits per heavy atom. The SMILES string of the molecule is CSc1cccc(-c2c(C)c(=O)[nH]c3c2oc2ccc(F)cc23)c1. The number of pyridine rings is 1. The molecule has 0 saturated carbocycles. The zero-order valence-electron chi connectivity index (χ0n) is 13.1. The van der Waals surface area contributed by atoms with Gasteiger partial charge in [-0.15, -0.1) is 11.8 Å². The molecule has 2 heterocycles. The maximum atomic E-state index is 13.6. The van der Waals surface area contributed by atoms with E-state index in [1.165, 1.54) is 12.1 Å². The second kappa shape index (κ2) is 5.53. The third-order valence-corrected chi connectivity index (χ3v) is 4.91. The Kier molecular flexibility index (Phi) is 3.46. The fourth-order valence-corrected chi connectivity index (χ4v) is 3.45. The summed E-state index contributed by atoms with van der Waals surface area (Å²) in [5.74, 6) is -0.363. The summed E-state index contributed by atoms with van der Waals surface area (Å²) in [7, 11) is 0. The van der Waals surface area contributed by atoms with Crippen LogP contribution in [0.2, 0.25) is 0 Å². The van der Waals surface area contributed by atoms with Crippen LogP contribution in [-0.2, 0) is 0 Å². The third-order valence-electron chi connectivity index (χ3n) is 4.19. The van der Waals surface area contributed by atoms with Crippen LogP contribution in [0.1, 0.15) is 5.56 Å². The van der Waals surface area contributed by atoms with Crippen LogP contribution in [0.25, 0.3) is 33.2 Å². The monoisotopic (exact) mass is 339 g/mol. The molecule has 0 fully saturated rings. The van der Waals surface area contributed by atoms with Gasteiger partial charge in [0.15, 0.2) is 5.58 Å². The van der Waals surface area contributed by atoms with E-state index in [1.54, 1.807) is 24.8 Å². The van der Waals surface area contributed by atoms with Crippen molar-refractivity contribution < 1.29 is 8.81 Å². The predicted octanol–water partition coefficient (Wildman–Crippen LogP) is 5.11. The normalized spacial score (nSPS) is 11.5. The first-order valence-electron chi connectivity index (χ1n) is 7.47. The number of benzene rings is 2. The molecule has 0 amide bonds. The Morgan fingerprint density at radius 3 is 2.79 bits per heavy atom. The largest absolute Gasteiger partial charge is 0.454 e. The fourth-order valence-electron chi connectivity index (χ4n) is 2.99. The Balaban J connectivity index is 2.15. The first-order valence-corrected chi connectivity index (χ1v) is 8.70. The highest BCUT2D eigenvalue weighted by molar-refractivity contribution is 7.98. The summed E-state index contributed by atoms with van der Waals surface area (Å²) < 4.78 is 19.6. The summed E-state index contributed by atoms with van der Waals surface area (Å²) >= 11 is 1.63. The predicted molar refractivity (Wildman–Crippen MR) is 96.3 cm³/mol. The molecule has 4 rings (SSSR count). The van der Waals surface area contributed by atoms with Crippen molar-refractivity contribution in [2.45, 2.75) is 11.8 Å². The summed E-state index contributed by atoms with van der Waals surface area (Å²) in [5, 5.41) is 0.573. The van der Waals surface area contributed by atoms with Gasteiger partial charge in [-0.05, 0) is 49.1 Å². The van der Waals surface area contributed by atoms with Gasteiger partial charge in [-0.2, -0.15) is 0 Å². The van der Waals surface area contributed by atoms with Crippen molar-refractivity contribution >= 4 is 33.8 Å². The highest BCUT2D eigenvalue weighted by Crippen LogP contribution is 2.36. The number of H-pyrrole nitrogens is 1. The van der Waals surface area contributed by atoms with E-state index in [9.17, 15) is 9.18 Å². The van der Waals surface area contributed by atoms with E-state index in [1.807, 2.05) is 30.5 Å². The van der Waals surface area contributed by atoms with Crippen molar-refractivity contribution in [2.75, 3.05) is 6.26 Å². The quantitative estimate of drug-likeness (QED) is 0.516. The Bertz CT molecular complexity index is 1140. The zero-order chi connectivity index (χ0) is 16.8. The van der Waals surface area contributed by atoms with Crippen LogP contribution >= 0.6 is 11.8 Å². The van der Waals surface area contributed by atoms with Gasteiger partial charge < -0.3 is 9.40 Å². The maximum Gasteiger partial charge on any atom is 0.252 e. The van der Waals surface area contributed by atoms with Gasteiger partial charge in [-0.25, -0.2) is 4.39 Å². The smallest absolute Gasteiger partial charge is 0.252 e. The van der Waals surface area contributed by atoms with Gasteiger partial charge in [0.2, 0.25) is 0 Å². The van der Waals surface area contributed by atoms with Crippen LogP contribution in [0, 0.1) is 12.7 Å². The molecule has 2 aromatic heterocycles. The topological polar surface area (TPSA) is 46.0 Å². The van der Waals surface area contributed by atoms with Crippen molar-refractivity contribution in [3.8, 4) is 11.1 Å². The summed E-state index contributed by atoms with van der Waals surface area (Å²) in [6.45, 7) is 1.77. The van der Waals surface area contributed by atoms with Crippen molar-refractivity contribution in [1.82, 2.24) is 4.98 Å². The lowest BCUT2D eigenvalue weighted by molar-refractivity contribution is 0.626. The van der Waals surface area contributed by atoms with Crippen molar-refractivity contribution in [1.29, 1.82) is 0 Å². The Labute approximate surface area is 141 Å². The second-order valence-electron chi connectivity index (χ2n) is 5.63. The van der Waals surface area contributed by atoms with E-state index in [4.69, 9.17) is 4.42 Å². The molecule has 1 N–H and O–H groups in total. The molecule has 0 unspecified atom stereocenters. The van der Waals surface area contributed by atoms with E-state index in [-0.39, 0.29) is 11.4 Å². The van der Waals surface area contributed by atoms with E-state index in [0.717, 1.165) is 16.0 Å². The first kappa shape index (κ1) is 15.0. The lowest BCUT2D eigenvalue weighted by Crippen LogP contribution is -2.10. The van der Waals surface area contributed by atoms with Gasteiger partial charge in [0.25, 0.3) is 5.56 Å². The number of furan rings is 1. The number of hydrogen-bond donors (Lipinski definition) is 1. The molecule has 24 heavy (non-hydrogen) atoms. The standard InChI is InChI=1S/C19H14FNO2S/c1-10-16(11-4-3-5-13(8-11)24-2)18-17(21-19(10)22)14-9-12(20)6-7-15(14)23-18/h3-9H,1-2H3,(H,21,22). The molecule has 0 saturated heterocycles. The van der Waals surface area contributed by atoms with Gasteiger partial charge >= 0.3 is 0 Å². The molecule has 0 atom stereocenters. The zero-order valence-corrected chi connectivity index (χ0v) is 14.0. The molecule has 0 radical (unpaired) electrons. The minimum absolute atomic E-state index is 0.195. The number of fused-ring (bicyclic) bond motifs is 3. The molecule has 5 heteroatoms. The lowest BCUT2D eigenvalue weighted by atomic mass is 10.0. The third kappa shape index (κ3) is 2.24. The number of halogens is 1.